The van der Waals surface area contributed by atoms with Crippen LogP contribution in [0.3, 0.4) is 0 Å². The van der Waals surface area contributed by atoms with E-state index in [0.29, 0.717) is 11.3 Å². The van der Waals surface area contributed by atoms with Crippen LogP contribution in [0.25, 0.3) is 83.5 Å². The van der Waals surface area contributed by atoms with Gasteiger partial charge in [-0.15, -0.1) is 24.3 Å². The van der Waals surface area contributed by atoms with Crippen molar-refractivity contribution in [1.82, 2.24) is 14.5 Å². The predicted octanol–water partition coefficient (Wildman–Crippen LogP) is 13.0. The first-order chi connectivity index (χ1) is 26.7. The number of pyridine rings is 2. The van der Waals surface area contributed by atoms with Gasteiger partial charge in [0.05, 0.1) is 16.7 Å². The van der Waals surface area contributed by atoms with E-state index in [0.717, 1.165) is 56.0 Å². The number of rotatable bonds is 6. The maximum atomic E-state index is 10.9. The normalized spacial score (nSPS) is 11.5. The Balaban J connectivity index is 0.00000441. The molecule has 0 bridgehead atoms. The number of hydrogen-bond donors (Lipinski definition) is 1. The van der Waals surface area contributed by atoms with E-state index < -0.39 is 0 Å². The van der Waals surface area contributed by atoms with E-state index in [1.165, 1.54) is 27.4 Å². The van der Waals surface area contributed by atoms with Crippen LogP contribution in [0.15, 0.2) is 164 Å². The van der Waals surface area contributed by atoms with E-state index in [-0.39, 0.29) is 32.2 Å². The second kappa shape index (κ2) is 14.9. The number of benzene rings is 6. The minimum atomic E-state index is -0.00707. The third-order valence-electron chi connectivity index (χ3n) is 10.4. The SMILES string of the molecule is Cc1cc(-c2cc(-c3[c-]c(-c4cc(-c5ccc6c7ccccc7n(-c7ccccc7)c6c5)ccn4)ccc3)nc(-c3ccccc3O)c2)cc(C(C)(C)C)c1.[Pt]. The van der Waals surface area contributed by atoms with Crippen LogP contribution in [-0.4, -0.2) is 19.6 Å². The second-order valence-electron chi connectivity index (χ2n) is 15.3. The zero-order chi connectivity index (χ0) is 37.7. The van der Waals surface area contributed by atoms with Crippen LogP contribution in [-0.2, 0) is 26.5 Å². The molecule has 0 aliphatic rings. The van der Waals surface area contributed by atoms with Crippen molar-refractivity contribution in [3.05, 3.63) is 181 Å². The molecule has 3 heterocycles. The van der Waals surface area contributed by atoms with Gasteiger partial charge in [-0.3, -0.25) is 9.97 Å². The standard InChI is InChI=1S/C51H40N3O.Pt/c1-33-25-38(28-40(26-33)51(2,3)4)39-30-46(53-47(31-39)44-18-9-11-20-50(44)55)37-14-12-13-36(27-37)45-29-35(23-24-52-45)34-21-22-43-42-17-8-10-19-48(42)54(49(43)32-34)41-15-6-5-7-16-41;/h5-26,28-32,55H,1-4H3;/q-1;. The molecule has 3 aromatic heterocycles. The molecule has 0 saturated heterocycles. The molecule has 0 radical (unpaired) electrons. The van der Waals surface area contributed by atoms with Gasteiger partial charge in [0.25, 0.3) is 0 Å². The van der Waals surface area contributed by atoms with E-state index >= 15 is 0 Å². The summed E-state index contributed by atoms with van der Waals surface area (Å²) in [4.78, 5) is 9.95. The molecule has 0 aliphatic heterocycles. The van der Waals surface area contributed by atoms with Crippen LogP contribution in [0.1, 0.15) is 31.9 Å². The fraction of sp³-hybridized carbons (Fsp3) is 0.0980. The summed E-state index contributed by atoms with van der Waals surface area (Å²) in [6.45, 7) is 8.86. The van der Waals surface area contributed by atoms with Gasteiger partial charge in [0.2, 0.25) is 0 Å². The monoisotopic (exact) mass is 905 g/mol. The molecule has 4 nitrogen and oxygen atoms in total. The smallest absolute Gasteiger partial charge is 0.124 e. The average molecular weight is 906 g/mol. The molecule has 0 unspecified atom stereocenters. The Morgan fingerprint density at radius 3 is 2.02 bits per heavy atom. The Morgan fingerprint density at radius 1 is 0.554 bits per heavy atom. The van der Waals surface area contributed by atoms with Gasteiger partial charge in [0, 0.05) is 60.7 Å². The maximum absolute atomic E-state index is 10.9. The van der Waals surface area contributed by atoms with E-state index in [9.17, 15) is 5.11 Å². The molecule has 0 amide bonds. The third-order valence-corrected chi connectivity index (χ3v) is 10.4. The molecule has 0 atom stereocenters. The van der Waals surface area contributed by atoms with Crippen LogP contribution in [0.2, 0.25) is 0 Å². The molecule has 9 aromatic rings. The van der Waals surface area contributed by atoms with Gasteiger partial charge in [-0.25, -0.2) is 0 Å². The van der Waals surface area contributed by atoms with Gasteiger partial charge in [0.15, 0.2) is 0 Å². The number of phenols is 1. The van der Waals surface area contributed by atoms with Gasteiger partial charge in [-0.2, -0.15) is 0 Å². The Kier molecular flexibility index (Phi) is 9.78. The van der Waals surface area contributed by atoms with Gasteiger partial charge in [0.1, 0.15) is 5.75 Å². The molecule has 56 heavy (non-hydrogen) atoms. The summed E-state index contributed by atoms with van der Waals surface area (Å²) in [7, 11) is 0. The number of aryl methyl sites for hydroxylation is 1. The summed E-state index contributed by atoms with van der Waals surface area (Å²) >= 11 is 0. The quantitative estimate of drug-likeness (QED) is 0.169. The van der Waals surface area contributed by atoms with Crippen molar-refractivity contribution in [2.24, 2.45) is 0 Å². The van der Waals surface area contributed by atoms with Crippen molar-refractivity contribution >= 4 is 21.8 Å². The molecule has 6 aromatic carbocycles. The van der Waals surface area contributed by atoms with E-state index in [4.69, 9.17) is 9.97 Å². The van der Waals surface area contributed by atoms with Crippen molar-refractivity contribution in [3.63, 3.8) is 0 Å². The first-order valence-electron chi connectivity index (χ1n) is 18.7. The molecule has 0 aliphatic carbocycles. The number of aromatic hydroxyl groups is 1. The molecule has 0 spiro atoms. The fourth-order valence-corrected chi connectivity index (χ4v) is 7.58. The first kappa shape index (κ1) is 36.9. The van der Waals surface area contributed by atoms with Crippen molar-refractivity contribution in [2.45, 2.75) is 33.1 Å². The Labute approximate surface area is 342 Å². The molecule has 276 valence electrons. The van der Waals surface area contributed by atoms with Crippen molar-refractivity contribution in [2.75, 3.05) is 0 Å². The van der Waals surface area contributed by atoms with Crippen LogP contribution in [0.5, 0.6) is 5.75 Å². The molecule has 0 saturated carbocycles. The minimum absolute atomic E-state index is 0. The number of hydrogen-bond acceptors (Lipinski definition) is 3. The van der Waals surface area contributed by atoms with E-state index in [1.807, 2.05) is 36.5 Å². The number of nitrogens with zero attached hydrogens (tertiary/aromatic N) is 3. The van der Waals surface area contributed by atoms with Gasteiger partial charge in [-0.1, -0.05) is 128 Å². The number of para-hydroxylation sites is 3. The summed E-state index contributed by atoms with van der Waals surface area (Å²) in [5, 5.41) is 13.4. The van der Waals surface area contributed by atoms with Crippen molar-refractivity contribution in [3.8, 4) is 67.5 Å². The summed E-state index contributed by atoms with van der Waals surface area (Å²) in [5.74, 6) is 0.193. The first-order valence-corrected chi connectivity index (χ1v) is 18.7. The van der Waals surface area contributed by atoms with Crippen LogP contribution < -0.4 is 0 Å². The van der Waals surface area contributed by atoms with Gasteiger partial charge < -0.3 is 9.67 Å². The minimum Gasteiger partial charge on any atom is -0.507 e. The number of aromatic nitrogens is 3. The predicted molar refractivity (Wildman–Crippen MR) is 227 cm³/mol. The largest absolute Gasteiger partial charge is 0.507 e. The average Bonchev–Trinajstić information content (AvgIpc) is 3.54. The van der Waals surface area contributed by atoms with E-state index in [2.05, 4.69) is 160 Å². The summed E-state index contributed by atoms with van der Waals surface area (Å²) in [5.41, 5.74) is 15.0. The summed E-state index contributed by atoms with van der Waals surface area (Å²) in [6, 6.07) is 58.2. The molecule has 1 N–H and O–H groups in total. The summed E-state index contributed by atoms with van der Waals surface area (Å²) in [6.07, 6.45) is 1.88. The Morgan fingerprint density at radius 2 is 1.21 bits per heavy atom. The van der Waals surface area contributed by atoms with Gasteiger partial charge >= 0.3 is 0 Å². The van der Waals surface area contributed by atoms with Crippen LogP contribution >= 0.6 is 0 Å². The zero-order valence-corrected chi connectivity index (χ0v) is 34.0. The van der Waals surface area contributed by atoms with Gasteiger partial charge in [-0.05, 0) is 88.7 Å². The van der Waals surface area contributed by atoms with Crippen molar-refractivity contribution in [1.29, 1.82) is 0 Å². The Bertz CT molecular complexity index is 2890. The topological polar surface area (TPSA) is 50.9 Å². The number of fused-ring (bicyclic) bond motifs is 3. The van der Waals surface area contributed by atoms with Crippen LogP contribution in [0, 0.1) is 13.0 Å². The molecular formula is C51H40N3OPt-. The molecule has 9 rings (SSSR count). The zero-order valence-electron chi connectivity index (χ0n) is 31.7. The molecular weight excluding hydrogens is 866 g/mol. The third kappa shape index (κ3) is 6.98. The van der Waals surface area contributed by atoms with Crippen molar-refractivity contribution < 1.29 is 26.2 Å². The van der Waals surface area contributed by atoms with Crippen LogP contribution in [0.4, 0.5) is 0 Å². The Hall–Kier alpha value is -6.09. The molecule has 5 heteroatoms. The van der Waals surface area contributed by atoms with E-state index in [1.54, 1.807) is 6.07 Å². The maximum Gasteiger partial charge on any atom is 0.124 e. The second-order valence-corrected chi connectivity index (χ2v) is 15.3. The summed E-state index contributed by atoms with van der Waals surface area (Å²) < 4.78 is 2.35. The fourth-order valence-electron chi connectivity index (χ4n) is 7.58. The number of phenolic OH excluding ortho intramolecular Hbond substituents is 1. The molecule has 0 fully saturated rings.